The molecule has 3 aromatic rings. The van der Waals surface area contributed by atoms with Crippen molar-refractivity contribution >= 4 is 40.2 Å². The first-order valence-electron chi connectivity index (χ1n) is 8.21. The van der Waals surface area contributed by atoms with Crippen LogP contribution in [0.2, 0.25) is 5.02 Å². The fourth-order valence-electron chi connectivity index (χ4n) is 2.42. The third-order valence-electron chi connectivity index (χ3n) is 3.96. The number of aromatic nitrogens is 1. The van der Waals surface area contributed by atoms with Crippen molar-refractivity contribution in [3.8, 4) is 0 Å². The predicted molar refractivity (Wildman–Crippen MR) is 105 cm³/mol. The van der Waals surface area contributed by atoms with Crippen LogP contribution in [0.1, 0.15) is 30.6 Å². The van der Waals surface area contributed by atoms with Crippen LogP contribution < -0.4 is 5.32 Å². The summed E-state index contributed by atoms with van der Waals surface area (Å²) in [5, 5.41) is 5.39. The minimum atomic E-state index is -0.0640. The molecule has 128 valence electrons. The van der Waals surface area contributed by atoms with Crippen molar-refractivity contribution in [2.45, 2.75) is 36.2 Å². The number of benzene rings is 2. The Bertz CT molecular complexity index is 896. The molecule has 5 heteroatoms. The minimum Gasteiger partial charge on any atom is -0.350 e. The van der Waals surface area contributed by atoms with E-state index >= 15 is 0 Å². The first kappa shape index (κ1) is 17.8. The number of para-hydroxylation sites is 1. The van der Waals surface area contributed by atoms with Gasteiger partial charge < -0.3 is 5.32 Å². The molecule has 0 radical (unpaired) electrons. The maximum atomic E-state index is 12.7. The maximum absolute atomic E-state index is 12.7. The molecule has 2 aromatic carbocycles. The van der Waals surface area contributed by atoms with Gasteiger partial charge in [0.25, 0.3) is 5.91 Å². The number of amides is 1. The highest BCUT2D eigenvalue weighted by molar-refractivity contribution is 7.99. The van der Waals surface area contributed by atoms with E-state index in [2.05, 4.69) is 17.2 Å². The molecular weight excluding hydrogens is 352 g/mol. The smallest absolute Gasteiger partial charge is 0.252 e. The molecule has 3 rings (SSSR count). The second-order valence-corrected chi connectivity index (χ2v) is 7.39. The Morgan fingerprint density at radius 3 is 2.64 bits per heavy atom. The van der Waals surface area contributed by atoms with E-state index < -0.39 is 0 Å². The normalized spacial score (nSPS) is 12.1. The topological polar surface area (TPSA) is 42.0 Å². The lowest BCUT2D eigenvalue weighted by molar-refractivity contribution is 0.0940. The molecule has 0 saturated heterocycles. The molecule has 1 amide bonds. The molecule has 0 aliphatic rings. The summed E-state index contributed by atoms with van der Waals surface area (Å²) in [4.78, 5) is 18.4. The van der Waals surface area contributed by atoms with Gasteiger partial charge in [-0.05, 0) is 49.7 Å². The number of halogens is 1. The maximum Gasteiger partial charge on any atom is 0.252 e. The minimum absolute atomic E-state index is 0.0640. The average molecular weight is 371 g/mol. The molecule has 1 atom stereocenters. The van der Waals surface area contributed by atoms with Gasteiger partial charge in [-0.3, -0.25) is 4.79 Å². The summed E-state index contributed by atoms with van der Waals surface area (Å²) in [5.74, 6) is -0.0640. The van der Waals surface area contributed by atoms with Gasteiger partial charge in [-0.25, -0.2) is 4.98 Å². The Morgan fingerprint density at radius 2 is 1.92 bits per heavy atom. The predicted octanol–water partition coefficient (Wildman–Crippen LogP) is 5.57. The van der Waals surface area contributed by atoms with Crippen LogP contribution in [-0.4, -0.2) is 16.9 Å². The Kier molecular flexibility index (Phi) is 5.61. The Balaban J connectivity index is 1.99. The van der Waals surface area contributed by atoms with Crippen molar-refractivity contribution in [1.29, 1.82) is 0 Å². The highest BCUT2D eigenvalue weighted by Gasteiger charge is 2.15. The van der Waals surface area contributed by atoms with Crippen LogP contribution >= 0.6 is 23.4 Å². The van der Waals surface area contributed by atoms with Crippen LogP contribution in [0.4, 0.5) is 0 Å². The largest absolute Gasteiger partial charge is 0.350 e. The molecule has 1 aromatic heterocycles. The fraction of sp³-hybridized carbons (Fsp3) is 0.200. The van der Waals surface area contributed by atoms with Gasteiger partial charge in [0.2, 0.25) is 0 Å². The quantitative estimate of drug-likeness (QED) is 0.638. The number of rotatable bonds is 5. The van der Waals surface area contributed by atoms with E-state index in [-0.39, 0.29) is 11.9 Å². The second-order valence-electron chi connectivity index (χ2n) is 5.86. The number of carbonyl (C=O) groups excluding carboxylic acids is 1. The first-order chi connectivity index (χ1) is 12.1. The summed E-state index contributed by atoms with van der Waals surface area (Å²) in [6.07, 6.45) is 0.890. The first-order valence-corrected chi connectivity index (χ1v) is 9.40. The molecule has 3 nitrogen and oxygen atoms in total. The van der Waals surface area contributed by atoms with Crippen molar-refractivity contribution in [3.05, 3.63) is 65.2 Å². The lowest BCUT2D eigenvalue weighted by Crippen LogP contribution is -2.32. The number of hydrogen-bond donors (Lipinski definition) is 1. The van der Waals surface area contributed by atoms with E-state index in [9.17, 15) is 4.79 Å². The Morgan fingerprint density at radius 1 is 1.20 bits per heavy atom. The van der Waals surface area contributed by atoms with E-state index in [0.29, 0.717) is 10.6 Å². The monoisotopic (exact) mass is 370 g/mol. The zero-order valence-corrected chi connectivity index (χ0v) is 15.7. The lowest BCUT2D eigenvalue weighted by Gasteiger charge is -2.14. The van der Waals surface area contributed by atoms with Crippen molar-refractivity contribution < 1.29 is 4.79 Å². The Hall–Kier alpha value is -2.04. The molecule has 0 saturated carbocycles. The number of carbonyl (C=O) groups is 1. The number of fused-ring (bicyclic) bond motifs is 1. The van der Waals surface area contributed by atoms with E-state index in [1.165, 1.54) is 11.8 Å². The van der Waals surface area contributed by atoms with Crippen LogP contribution in [-0.2, 0) is 0 Å². The average Bonchev–Trinajstić information content (AvgIpc) is 2.62. The number of pyridine rings is 1. The molecule has 25 heavy (non-hydrogen) atoms. The van der Waals surface area contributed by atoms with Gasteiger partial charge in [-0.1, -0.05) is 48.5 Å². The zero-order chi connectivity index (χ0) is 17.8. The van der Waals surface area contributed by atoms with Crippen LogP contribution in [0, 0.1) is 0 Å². The van der Waals surface area contributed by atoms with Crippen molar-refractivity contribution in [3.63, 3.8) is 0 Å². The van der Waals surface area contributed by atoms with Gasteiger partial charge in [-0.2, -0.15) is 0 Å². The molecule has 1 heterocycles. The summed E-state index contributed by atoms with van der Waals surface area (Å²) < 4.78 is 0. The standard InChI is InChI=1S/C20H19ClN2OS/c1-3-13(2)22-20(24)17-12-19(23-18-7-5-4-6-16(17)18)25-15-10-8-14(21)9-11-15/h4-13H,3H2,1-2H3,(H,22,24). The lowest BCUT2D eigenvalue weighted by atomic mass is 10.1. The van der Waals surface area contributed by atoms with Crippen LogP contribution in [0.3, 0.4) is 0 Å². The molecule has 1 unspecified atom stereocenters. The number of nitrogens with one attached hydrogen (secondary N) is 1. The molecule has 1 N–H and O–H groups in total. The Labute approximate surface area is 156 Å². The van der Waals surface area contributed by atoms with Crippen LogP contribution in [0.25, 0.3) is 10.9 Å². The number of hydrogen-bond acceptors (Lipinski definition) is 3. The van der Waals surface area contributed by atoms with E-state index in [1.807, 2.05) is 61.5 Å². The third kappa shape index (κ3) is 4.33. The van der Waals surface area contributed by atoms with E-state index in [0.717, 1.165) is 27.2 Å². The van der Waals surface area contributed by atoms with Crippen LogP contribution in [0.5, 0.6) is 0 Å². The van der Waals surface area contributed by atoms with Gasteiger partial charge >= 0.3 is 0 Å². The molecule has 0 aliphatic heterocycles. The fourth-order valence-corrected chi connectivity index (χ4v) is 3.38. The molecule has 0 bridgehead atoms. The molecule has 0 spiro atoms. The number of nitrogens with zero attached hydrogens (tertiary/aromatic N) is 1. The summed E-state index contributed by atoms with van der Waals surface area (Å²) in [5.41, 5.74) is 1.47. The SMILES string of the molecule is CCC(C)NC(=O)c1cc(Sc2ccc(Cl)cc2)nc2ccccc12. The molecule has 0 aliphatic carbocycles. The summed E-state index contributed by atoms with van der Waals surface area (Å²) in [6.45, 7) is 4.06. The summed E-state index contributed by atoms with van der Waals surface area (Å²) >= 11 is 7.46. The summed E-state index contributed by atoms with van der Waals surface area (Å²) in [6, 6.07) is 17.3. The second kappa shape index (κ2) is 7.89. The zero-order valence-electron chi connectivity index (χ0n) is 14.1. The van der Waals surface area contributed by atoms with Crippen molar-refractivity contribution in [2.24, 2.45) is 0 Å². The van der Waals surface area contributed by atoms with Gasteiger partial charge in [0, 0.05) is 21.3 Å². The highest BCUT2D eigenvalue weighted by Crippen LogP contribution is 2.30. The molecule has 0 fully saturated rings. The van der Waals surface area contributed by atoms with Gasteiger partial charge in [0.05, 0.1) is 11.1 Å². The summed E-state index contributed by atoms with van der Waals surface area (Å²) in [7, 11) is 0. The van der Waals surface area contributed by atoms with Gasteiger partial charge in [0.1, 0.15) is 5.03 Å². The third-order valence-corrected chi connectivity index (χ3v) is 5.14. The van der Waals surface area contributed by atoms with Crippen LogP contribution in [0.15, 0.2) is 64.5 Å². The molecular formula is C20H19ClN2OS. The highest BCUT2D eigenvalue weighted by atomic mass is 35.5. The van der Waals surface area contributed by atoms with Crippen molar-refractivity contribution in [1.82, 2.24) is 10.3 Å². The van der Waals surface area contributed by atoms with E-state index in [4.69, 9.17) is 11.6 Å². The van der Waals surface area contributed by atoms with Gasteiger partial charge in [0.15, 0.2) is 0 Å². The van der Waals surface area contributed by atoms with Crippen molar-refractivity contribution in [2.75, 3.05) is 0 Å². The van der Waals surface area contributed by atoms with E-state index in [1.54, 1.807) is 0 Å². The van der Waals surface area contributed by atoms with Gasteiger partial charge in [-0.15, -0.1) is 0 Å².